The molecule has 3 N–H and O–H groups in total. The van der Waals surface area contributed by atoms with Crippen LogP contribution in [0.15, 0.2) is 11.6 Å². The number of carboxylic acids is 1. The van der Waals surface area contributed by atoms with Crippen LogP contribution < -0.4 is 24.6 Å². The van der Waals surface area contributed by atoms with Crippen molar-refractivity contribution >= 4 is 17.9 Å². The maximum absolute atomic E-state index is 12.0. The van der Waals surface area contributed by atoms with Crippen LogP contribution in [-0.4, -0.2) is 58.2 Å². The van der Waals surface area contributed by atoms with E-state index in [2.05, 4.69) is 0 Å². The maximum Gasteiger partial charge on any atom is 1.00 e. The first-order valence-electron chi connectivity index (χ1n) is 5.34. The van der Waals surface area contributed by atoms with Crippen LogP contribution in [0.1, 0.15) is 8.35 Å². The third-order valence-corrected chi connectivity index (χ3v) is 2.91. The van der Waals surface area contributed by atoms with Crippen LogP contribution in [0.25, 0.3) is 0 Å². The van der Waals surface area contributed by atoms with Crippen molar-refractivity contribution in [1.82, 2.24) is 9.96 Å². The molecule has 2 rings (SSSR count). The molecule has 1 saturated heterocycles. The quantitative estimate of drug-likeness (QED) is 0.397. The number of nitrogens with zero attached hydrogens (tertiary/aromatic N) is 2. The van der Waals surface area contributed by atoms with Gasteiger partial charge in [-0.1, -0.05) is 6.08 Å². The number of urea groups is 1. The Bertz CT molecular complexity index is 458. The van der Waals surface area contributed by atoms with Crippen molar-refractivity contribution in [2.24, 2.45) is 5.73 Å². The van der Waals surface area contributed by atoms with Crippen molar-refractivity contribution in [1.29, 1.82) is 0 Å². The van der Waals surface area contributed by atoms with E-state index in [1.807, 2.05) is 0 Å². The summed E-state index contributed by atoms with van der Waals surface area (Å²) < 4.78 is 0. The molecule has 0 aliphatic carbocycles. The summed E-state index contributed by atoms with van der Waals surface area (Å²) in [5, 5.41) is 9.50. The number of nitrogens with two attached hydrogens (primary N) is 1. The van der Waals surface area contributed by atoms with E-state index in [1.54, 1.807) is 13.0 Å². The minimum absolute atomic E-state index is 0. The van der Waals surface area contributed by atoms with Gasteiger partial charge in [0.25, 0.3) is 0 Å². The van der Waals surface area contributed by atoms with Gasteiger partial charge in [0.2, 0.25) is 5.91 Å². The summed E-state index contributed by atoms with van der Waals surface area (Å²) in [5.41, 5.74) is 5.91. The number of hydrogen-bond acceptors (Lipinski definition) is 4. The van der Waals surface area contributed by atoms with E-state index < -0.39 is 30.6 Å². The maximum atomic E-state index is 12.0. The molecular weight excluding hydrogens is 249 g/mol. The Morgan fingerprint density at radius 1 is 1.63 bits per heavy atom. The molecule has 2 aliphatic heterocycles. The summed E-state index contributed by atoms with van der Waals surface area (Å²) in [4.78, 5) is 39.9. The summed E-state index contributed by atoms with van der Waals surface area (Å²) in [6, 6.07) is -1.71. The average Bonchev–Trinajstić information content (AvgIpc) is 2.49. The van der Waals surface area contributed by atoms with Crippen molar-refractivity contribution in [2.45, 2.75) is 19.0 Å². The second kappa shape index (κ2) is 5.65. The number of hydroxylamine groups is 2. The first kappa shape index (κ1) is 15.6. The Hall–Kier alpha value is -1.49. The molecule has 0 spiro atoms. The summed E-state index contributed by atoms with van der Waals surface area (Å²) in [6.45, 7) is 1.36. The minimum Gasteiger partial charge on any atom is -1.00 e. The molecule has 0 aromatic carbocycles. The van der Waals surface area contributed by atoms with Crippen molar-refractivity contribution in [3.63, 3.8) is 0 Å². The number of carboxylic acid groups (broad SMARTS) is 1. The Balaban J connectivity index is 0.00000180. The number of fused-ring (bicyclic) bond motifs is 2. The van der Waals surface area contributed by atoms with Gasteiger partial charge < -0.3 is 17.2 Å². The molecule has 0 saturated carbocycles. The summed E-state index contributed by atoms with van der Waals surface area (Å²) >= 11 is 0. The van der Waals surface area contributed by atoms with Crippen LogP contribution in [0, 0.1) is 0 Å². The normalized spacial score (nSPS) is 24.9. The van der Waals surface area contributed by atoms with E-state index in [0.717, 1.165) is 5.06 Å². The third-order valence-electron chi connectivity index (χ3n) is 2.91. The van der Waals surface area contributed by atoms with Gasteiger partial charge in [-0.3, -0.25) is 9.63 Å². The van der Waals surface area contributed by atoms with Crippen LogP contribution in [0.4, 0.5) is 4.79 Å². The third kappa shape index (κ3) is 2.76. The van der Waals surface area contributed by atoms with E-state index in [1.165, 1.54) is 4.90 Å². The van der Waals surface area contributed by atoms with E-state index in [4.69, 9.17) is 15.7 Å². The second-order valence-electron chi connectivity index (χ2n) is 4.21. The zero-order valence-corrected chi connectivity index (χ0v) is 10.7. The molecule has 0 unspecified atom stereocenters. The largest absolute Gasteiger partial charge is 1.00 e. The van der Waals surface area contributed by atoms with Crippen LogP contribution in [0.2, 0.25) is 0 Å². The molecule has 9 heteroatoms. The van der Waals surface area contributed by atoms with Gasteiger partial charge in [-0.2, -0.15) is 5.06 Å². The number of carbonyl (C=O) groups is 3. The van der Waals surface area contributed by atoms with E-state index in [0.29, 0.717) is 5.57 Å². The molecule has 100 valence electrons. The van der Waals surface area contributed by atoms with Crippen molar-refractivity contribution in [2.75, 3.05) is 13.2 Å². The van der Waals surface area contributed by atoms with E-state index in [9.17, 15) is 14.4 Å². The average molecular weight is 263 g/mol. The van der Waals surface area contributed by atoms with Gasteiger partial charge in [-0.05, 0) is 12.5 Å². The molecule has 0 aromatic rings. The van der Waals surface area contributed by atoms with Crippen molar-refractivity contribution < 1.29 is 44.6 Å². The Morgan fingerprint density at radius 3 is 2.79 bits per heavy atom. The summed E-state index contributed by atoms with van der Waals surface area (Å²) in [7, 11) is 0. The van der Waals surface area contributed by atoms with Gasteiger partial charge in [0.15, 0.2) is 6.61 Å². The molecule has 0 aromatic heterocycles. The van der Waals surface area contributed by atoms with E-state index in [-0.39, 0.29) is 32.9 Å². The van der Waals surface area contributed by atoms with Gasteiger partial charge in [0.05, 0.1) is 12.6 Å². The Morgan fingerprint density at radius 2 is 2.26 bits per heavy atom. The fourth-order valence-electron chi connectivity index (χ4n) is 2.25. The predicted octanol–water partition coefficient (Wildman–Crippen LogP) is -3.96. The number of amides is 3. The molecule has 2 aliphatic rings. The monoisotopic (exact) mass is 263 g/mol. The summed E-state index contributed by atoms with van der Waals surface area (Å²) in [6.07, 6.45) is 1.69. The number of rotatable bonds is 4. The standard InChI is InChI=1S/C10H13N3O5.Li.H/c1-5-2-6-3-12(8(5)9(11)16)10(17)13(6)18-4-7(14)15;;/h2,6,8H,3-4H2,1H3,(H2,11,16)(H,14,15);;/q;+1;-1/t6-,8+;;/m1../s1. The minimum atomic E-state index is -1.17. The van der Waals surface area contributed by atoms with Crippen molar-refractivity contribution in [3.05, 3.63) is 11.6 Å². The van der Waals surface area contributed by atoms with Gasteiger partial charge in [-0.15, -0.1) is 0 Å². The molecule has 3 amide bonds. The molecule has 2 bridgehead atoms. The molecule has 0 radical (unpaired) electrons. The topological polar surface area (TPSA) is 113 Å². The van der Waals surface area contributed by atoms with Gasteiger partial charge in [0.1, 0.15) is 6.04 Å². The van der Waals surface area contributed by atoms with Crippen LogP contribution >= 0.6 is 0 Å². The van der Waals surface area contributed by atoms with Gasteiger partial charge in [-0.25, -0.2) is 9.59 Å². The summed E-state index contributed by atoms with van der Waals surface area (Å²) in [5.74, 6) is -1.79. The number of primary amides is 1. The SMILES string of the molecule is CC1=C[C@@H]2CN(C(=O)N2OCC(=O)O)[C@@H]1C(N)=O.[H-].[Li+]. The van der Waals surface area contributed by atoms with Gasteiger partial charge >= 0.3 is 30.9 Å². The van der Waals surface area contributed by atoms with Crippen LogP contribution in [0.5, 0.6) is 0 Å². The molecule has 2 heterocycles. The fraction of sp³-hybridized carbons (Fsp3) is 0.500. The van der Waals surface area contributed by atoms with Gasteiger partial charge in [0, 0.05) is 0 Å². The molecule has 8 nitrogen and oxygen atoms in total. The van der Waals surface area contributed by atoms with E-state index >= 15 is 0 Å². The Kier molecular flexibility index (Phi) is 4.63. The fourth-order valence-corrected chi connectivity index (χ4v) is 2.25. The van der Waals surface area contributed by atoms with Crippen molar-refractivity contribution in [3.8, 4) is 0 Å². The number of carbonyl (C=O) groups excluding carboxylic acids is 2. The Labute approximate surface area is 122 Å². The molecular formula is C10H14LiN3O5. The second-order valence-corrected chi connectivity index (χ2v) is 4.21. The number of aliphatic carboxylic acids is 1. The van der Waals surface area contributed by atoms with Crippen LogP contribution in [0.3, 0.4) is 0 Å². The molecule has 1 fully saturated rings. The first-order chi connectivity index (χ1) is 8.41. The zero-order valence-electron chi connectivity index (χ0n) is 11.7. The van der Waals surface area contributed by atoms with Crippen LogP contribution in [-0.2, 0) is 14.4 Å². The predicted molar refractivity (Wildman–Crippen MR) is 59.2 cm³/mol. The molecule has 2 atom stereocenters. The first-order valence-corrected chi connectivity index (χ1v) is 5.34. The molecule has 19 heavy (non-hydrogen) atoms. The number of hydrogen-bond donors (Lipinski definition) is 2. The zero-order chi connectivity index (χ0) is 13.4. The smallest absolute Gasteiger partial charge is 1.00 e.